The summed E-state index contributed by atoms with van der Waals surface area (Å²) in [7, 11) is -11.9. The van der Waals surface area contributed by atoms with Crippen molar-refractivity contribution < 1.29 is 29.8 Å². The van der Waals surface area contributed by atoms with E-state index >= 15 is 0 Å². The average Bonchev–Trinajstić information content (AvgIpc) is 2.76. The minimum absolute atomic E-state index is 0.0134. The van der Waals surface area contributed by atoms with Crippen LogP contribution in [0.25, 0.3) is 0 Å². The molecule has 0 bridgehead atoms. The van der Waals surface area contributed by atoms with Crippen molar-refractivity contribution in [1.29, 1.82) is 0 Å². The highest BCUT2D eigenvalue weighted by Gasteiger charge is 2.45. The first-order chi connectivity index (χ1) is 11.3. The molecule has 8 nitrogen and oxygen atoms in total. The molecule has 2 N–H and O–H groups in total. The third kappa shape index (κ3) is 5.28. The molecule has 0 aliphatic carbocycles. The van der Waals surface area contributed by atoms with Gasteiger partial charge in [-0.25, -0.2) is 16.8 Å². The van der Waals surface area contributed by atoms with Crippen LogP contribution in [-0.2, 0) is 29.8 Å². The van der Waals surface area contributed by atoms with Crippen LogP contribution in [0.15, 0.2) is 23.1 Å². The zero-order valence-corrected chi connectivity index (χ0v) is 16.6. The van der Waals surface area contributed by atoms with Crippen LogP contribution in [0, 0.1) is 0 Å². The van der Waals surface area contributed by atoms with E-state index in [1.807, 2.05) is 0 Å². The number of nitrogens with one attached hydrogen (secondary N) is 1. The van der Waals surface area contributed by atoms with E-state index in [9.17, 15) is 25.3 Å². The molecule has 2 rings (SSSR count). The zero-order chi connectivity index (χ0) is 19.0. The minimum Gasteiger partial charge on any atom is -0.311 e. The fourth-order valence-electron chi connectivity index (χ4n) is 2.51. The highest BCUT2D eigenvalue weighted by molar-refractivity contribution is 7.96. The Morgan fingerprint density at radius 1 is 1.12 bits per heavy atom. The molecular weight excluding hydrogens is 437 g/mol. The van der Waals surface area contributed by atoms with Gasteiger partial charge < -0.3 is 5.32 Å². The summed E-state index contributed by atoms with van der Waals surface area (Å²) in [4.78, 5) is -0.175. The second kappa shape index (κ2) is 7.29. The van der Waals surface area contributed by atoms with Crippen LogP contribution in [-0.4, -0.2) is 64.9 Å². The highest BCUT2D eigenvalue weighted by atomic mass is 35.5. The molecule has 2 atom stereocenters. The standard InChI is InChI=1S/C12H15Cl2NO7S3/c13-9-2-1-8(5-10(9)14)25(21,22)12-7-23(16,17)6-11(12)15-3-4-24(18,19)20/h1-2,5,11-12,15H,3-4,6-7H2,(H,18,19,20)/t11-,12-/m0/s1. The second-order valence-electron chi connectivity index (χ2n) is 5.58. The molecule has 13 heteroatoms. The molecule has 0 aromatic heterocycles. The van der Waals surface area contributed by atoms with E-state index in [4.69, 9.17) is 27.8 Å². The largest absolute Gasteiger partial charge is 0.311 e. The lowest BCUT2D eigenvalue weighted by molar-refractivity contribution is 0.476. The zero-order valence-electron chi connectivity index (χ0n) is 12.6. The van der Waals surface area contributed by atoms with E-state index in [-0.39, 0.29) is 21.5 Å². The van der Waals surface area contributed by atoms with Crippen LogP contribution in [0.4, 0.5) is 0 Å². The van der Waals surface area contributed by atoms with Gasteiger partial charge in [-0.1, -0.05) is 23.2 Å². The predicted molar refractivity (Wildman–Crippen MR) is 94.3 cm³/mol. The van der Waals surface area contributed by atoms with Gasteiger partial charge in [0.15, 0.2) is 19.7 Å². The maximum Gasteiger partial charge on any atom is 0.266 e. The number of halogens is 2. The van der Waals surface area contributed by atoms with Gasteiger partial charge in [0.1, 0.15) is 0 Å². The Balaban J connectivity index is 2.30. The molecular formula is C12H15Cl2NO7S3. The van der Waals surface area contributed by atoms with Crippen LogP contribution in [0.2, 0.25) is 10.0 Å². The molecule has 1 aromatic carbocycles. The first kappa shape index (κ1) is 20.9. The molecule has 25 heavy (non-hydrogen) atoms. The van der Waals surface area contributed by atoms with Crippen LogP contribution < -0.4 is 5.32 Å². The smallest absolute Gasteiger partial charge is 0.266 e. The van der Waals surface area contributed by atoms with Crippen molar-refractivity contribution in [3.05, 3.63) is 28.2 Å². The van der Waals surface area contributed by atoms with Crippen LogP contribution in [0.3, 0.4) is 0 Å². The molecule has 1 aliphatic rings. The van der Waals surface area contributed by atoms with Gasteiger partial charge in [-0.3, -0.25) is 4.55 Å². The lowest BCUT2D eigenvalue weighted by Gasteiger charge is -2.20. The van der Waals surface area contributed by atoms with Crippen LogP contribution in [0.5, 0.6) is 0 Å². The molecule has 142 valence electrons. The molecule has 0 saturated carbocycles. The van der Waals surface area contributed by atoms with E-state index in [0.29, 0.717) is 0 Å². The van der Waals surface area contributed by atoms with Crippen molar-refractivity contribution in [2.24, 2.45) is 0 Å². The Kier molecular flexibility index (Phi) is 6.09. The fourth-order valence-corrected chi connectivity index (χ4v) is 7.99. The number of hydrogen-bond donors (Lipinski definition) is 2. The third-order valence-corrected chi connectivity index (χ3v) is 9.29. The van der Waals surface area contributed by atoms with Crippen LogP contribution >= 0.6 is 23.2 Å². The number of hydrogen-bond acceptors (Lipinski definition) is 7. The SMILES string of the molecule is O=S(=O)(O)CCN[C@H]1CS(=O)(=O)C[C@@H]1S(=O)(=O)c1ccc(Cl)c(Cl)c1. The molecule has 0 unspecified atom stereocenters. The molecule has 1 fully saturated rings. The first-order valence-corrected chi connectivity index (χ1v) is 12.6. The van der Waals surface area contributed by atoms with Crippen molar-refractivity contribution >= 4 is 53.0 Å². The lowest BCUT2D eigenvalue weighted by atomic mass is 10.2. The number of benzene rings is 1. The monoisotopic (exact) mass is 451 g/mol. The van der Waals surface area contributed by atoms with E-state index in [0.717, 1.165) is 6.07 Å². The van der Waals surface area contributed by atoms with Crippen molar-refractivity contribution in [3.8, 4) is 0 Å². The van der Waals surface area contributed by atoms with Crippen molar-refractivity contribution in [2.45, 2.75) is 16.2 Å². The van der Waals surface area contributed by atoms with Gasteiger partial charge in [0.2, 0.25) is 0 Å². The van der Waals surface area contributed by atoms with Gasteiger partial charge in [0, 0.05) is 12.6 Å². The summed E-state index contributed by atoms with van der Waals surface area (Å²) in [6.45, 7) is -0.285. The van der Waals surface area contributed by atoms with E-state index in [1.54, 1.807) is 0 Å². The van der Waals surface area contributed by atoms with E-state index < -0.39 is 58.3 Å². The summed E-state index contributed by atoms with van der Waals surface area (Å²) in [5.74, 6) is -1.72. The number of rotatable bonds is 6. The molecule has 0 radical (unpaired) electrons. The van der Waals surface area contributed by atoms with Crippen molar-refractivity contribution in [3.63, 3.8) is 0 Å². The third-order valence-electron chi connectivity index (χ3n) is 3.69. The van der Waals surface area contributed by atoms with Gasteiger partial charge in [-0.2, -0.15) is 8.42 Å². The topological polar surface area (TPSA) is 135 Å². The van der Waals surface area contributed by atoms with Crippen molar-refractivity contribution in [1.82, 2.24) is 5.32 Å². The van der Waals surface area contributed by atoms with E-state index in [2.05, 4.69) is 5.32 Å². The lowest BCUT2D eigenvalue weighted by Crippen LogP contribution is -2.44. The van der Waals surface area contributed by atoms with Gasteiger partial charge in [-0.05, 0) is 18.2 Å². The Morgan fingerprint density at radius 2 is 1.76 bits per heavy atom. The summed E-state index contributed by atoms with van der Waals surface area (Å²) < 4.78 is 79.6. The van der Waals surface area contributed by atoms with E-state index in [1.165, 1.54) is 12.1 Å². The first-order valence-electron chi connectivity index (χ1n) is 6.90. The van der Waals surface area contributed by atoms with Gasteiger partial charge >= 0.3 is 0 Å². The normalized spacial score (nSPS) is 23.6. The summed E-state index contributed by atoms with van der Waals surface area (Å²) in [6.07, 6.45) is 0. The summed E-state index contributed by atoms with van der Waals surface area (Å²) in [5, 5.41) is 1.45. The van der Waals surface area contributed by atoms with Crippen molar-refractivity contribution in [2.75, 3.05) is 23.8 Å². The Labute approximate surface area is 156 Å². The number of sulfone groups is 2. The second-order valence-corrected chi connectivity index (χ2v) is 12.3. The minimum atomic E-state index is -4.25. The summed E-state index contributed by atoms with van der Waals surface area (Å²) in [5.41, 5.74) is 0. The van der Waals surface area contributed by atoms with Gasteiger partial charge in [-0.15, -0.1) is 0 Å². The van der Waals surface area contributed by atoms with Gasteiger partial charge in [0.25, 0.3) is 10.1 Å². The fraction of sp³-hybridized carbons (Fsp3) is 0.500. The summed E-state index contributed by atoms with van der Waals surface area (Å²) in [6, 6.07) is 2.65. The molecule has 0 spiro atoms. The molecule has 1 aliphatic heterocycles. The van der Waals surface area contributed by atoms with Gasteiger partial charge in [0.05, 0.1) is 37.4 Å². The molecule has 1 aromatic rings. The Bertz CT molecular complexity index is 974. The predicted octanol–water partition coefficient (Wildman–Crippen LogP) is 0.410. The Morgan fingerprint density at radius 3 is 2.32 bits per heavy atom. The molecule has 1 saturated heterocycles. The maximum absolute atomic E-state index is 12.8. The quantitative estimate of drug-likeness (QED) is 0.593. The molecule has 0 amide bonds. The highest BCUT2D eigenvalue weighted by Crippen LogP contribution is 2.30. The average molecular weight is 452 g/mol. The maximum atomic E-state index is 12.8. The molecule has 1 heterocycles. The van der Waals surface area contributed by atoms with Crippen LogP contribution in [0.1, 0.15) is 0 Å². The summed E-state index contributed by atoms with van der Waals surface area (Å²) >= 11 is 11.6. The Hall–Kier alpha value is -0.430.